The number of benzene rings is 1. The van der Waals surface area contributed by atoms with E-state index in [4.69, 9.17) is 0 Å². The molecule has 0 aliphatic heterocycles. The number of hydrogen-bond acceptors (Lipinski definition) is 0. The first-order valence-electron chi connectivity index (χ1n) is 6.92. The van der Waals surface area contributed by atoms with Gasteiger partial charge in [-0.2, -0.15) is 0 Å². The van der Waals surface area contributed by atoms with Crippen molar-refractivity contribution in [1.29, 1.82) is 0 Å². The molecule has 17 heavy (non-hydrogen) atoms. The van der Waals surface area contributed by atoms with E-state index >= 15 is 0 Å². The Kier molecular flexibility index (Phi) is 1.86. The first-order valence-corrected chi connectivity index (χ1v) is 6.92. The van der Waals surface area contributed by atoms with Gasteiger partial charge < -0.3 is 0 Å². The lowest BCUT2D eigenvalue weighted by Gasteiger charge is -2.59. The van der Waals surface area contributed by atoms with Gasteiger partial charge in [-0.1, -0.05) is 30.3 Å². The first-order chi connectivity index (χ1) is 8.18. The topological polar surface area (TPSA) is 0 Å². The summed E-state index contributed by atoms with van der Waals surface area (Å²) in [5, 5.41) is 0. The van der Waals surface area contributed by atoms with Crippen molar-refractivity contribution in [3.63, 3.8) is 0 Å². The van der Waals surface area contributed by atoms with Crippen molar-refractivity contribution < 1.29 is 4.39 Å². The van der Waals surface area contributed by atoms with E-state index in [0.717, 1.165) is 19.3 Å². The molecule has 1 aromatic rings. The molecule has 0 saturated heterocycles. The molecule has 5 rings (SSSR count). The van der Waals surface area contributed by atoms with Crippen molar-refractivity contribution in [3.05, 3.63) is 35.9 Å². The van der Waals surface area contributed by atoms with Crippen molar-refractivity contribution >= 4 is 0 Å². The van der Waals surface area contributed by atoms with Gasteiger partial charge in [-0.05, 0) is 61.3 Å². The molecule has 1 heteroatoms. The van der Waals surface area contributed by atoms with E-state index in [1.54, 1.807) is 0 Å². The second kappa shape index (κ2) is 3.13. The SMILES string of the molecule is FC12C[C@H]3C[C@@H](C1)CC(c1ccccc1)(C3)C2. The number of halogens is 1. The van der Waals surface area contributed by atoms with Crippen LogP contribution in [0.4, 0.5) is 4.39 Å². The van der Waals surface area contributed by atoms with Gasteiger partial charge in [0, 0.05) is 0 Å². The van der Waals surface area contributed by atoms with Crippen molar-refractivity contribution in [2.45, 2.75) is 49.6 Å². The van der Waals surface area contributed by atoms with Gasteiger partial charge in [0.05, 0.1) is 0 Å². The van der Waals surface area contributed by atoms with Gasteiger partial charge in [-0.25, -0.2) is 4.39 Å². The fourth-order valence-electron chi connectivity index (χ4n) is 5.28. The molecule has 0 aromatic heterocycles. The van der Waals surface area contributed by atoms with E-state index in [1.165, 1.54) is 24.8 Å². The maximum absolute atomic E-state index is 14.8. The van der Waals surface area contributed by atoms with Gasteiger partial charge in [0.2, 0.25) is 0 Å². The van der Waals surface area contributed by atoms with Crippen LogP contribution in [-0.4, -0.2) is 5.67 Å². The lowest BCUT2D eigenvalue weighted by molar-refractivity contribution is -0.0893. The van der Waals surface area contributed by atoms with Crippen LogP contribution < -0.4 is 0 Å². The molecule has 0 N–H and O–H groups in total. The molecule has 4 aliphatic carbocycles. The van der Waals surface area contributed by atoms with Crippen LogP contribution in [0.3, 0.4) is 0 Å². The van der Waals surface area contributed by atoms with Crippen LogP contribution in [0.5, 0.6) is 0 Å². The Bertz CT molecular complexity index is 422. The van der Waals surface area contributed by atoms with Crippen LogP contribution in [0, 0.1) is 11.8 Å². The monoisotopic (exact) mass is 230 g/mol. The summed E-state index contributed by atoms with van der Waals surface area (Å²) in [6.45, 7) is 0. The van der Waals surface area contributed by atoms with Crippen molar-refractivity contribution in [3.8, 4) is 0 Å². The predicted octanol–water partition coefficient (Wildman–Crippen LogP) is 4.25. The van der Waals surface area contributed by atoms with Crippen molar-refractivity contribution in [2.75, 3.05) is 0 Å². The van der Waals surface area contributed by atoms with E-state index in [-0.39, 0.29) is 5.41 Å². The van der Waals surface area contributed by atoms with Gasteiger partial charge in [0.25, 0.3) is 0 Å². The fourth-order valence-corrected chi connectivity index (χ4v) is 5.28. The van der Waals surface area contributed by atoms with Crippen LogP contribution in [0.1, 0.15) is 44.1 Å². The van der Waals surface area contributed by atoms with Gasteiger partial charge in [0.1, 0.15) is 5.67 Å². The minimum Gasteiger partial charge on any atom is -0.244 e. The zero-order chi connectivity index (χ0) is 11.5. The molecule has 0 nitrogen and oxygen atoms in total. The quantitative estimate of drug-likeness (QED) is 0.676. The lowest BCUT2D eigenvalue weighted by Crippen LogP contribution is -2.55. The molecule has 0 amide bonds. The zero-order valence-corrected chi connectivity index (χ0v) is 10.2. The highest BCUT2D eigenvalue weighted by molar-refractivity contribution is 5.30. The third kappa shape index (κ3) is 1.41. The molecule has 2 unspecified atom stereocenters. The van der Waals surface area contributed by atoms with Crippen LogP contribution in [0.15, 0.2) is 30.3 Å². The number of hydrogen-bond donors (Lipinski definition) is 0. The number of alkyl halides is 1. The molecule has 4 fully saturated rings. The Morgan fingerprint density at radius 1 is 0.941 bits per heavy atom. The lowest BCUT2D eigenvalue weighted by atomic mass is 9.47. The molecule has 4 aliphatic rings. The molecular formula is C16H19F. The molecule has 90 valence electrons. The summed E-state index contributed by atoms with van der Waals surface area (Å²) in [5.41, 5.74) is 0.746. The Labute approximate surface area is 102 Å². The Morgan fingerprint density at radius 3 is 2.18 bits per heavy atom. The zero-order valence-electron chi connectivity index (χ0n) is 10.2. The minimum absolute atomic E-state index is 0.181. The second-order valence-corrected chi connectivity index (χ2v) is 6.76. The largest absolute Gasteiger partial charge is 0.244 e. The molecule has 4 bridgehead atoms. The fraction of sp³-hybridized carbons (Fsp3) is 0.625. The highest BCUT2D eigenvalue weighted by atomic mass is 19.1. The third-order valence-corrected chi connectivity index (χ3v) is 5.38. The summed E-state index contributed by atoms with van der Waals surface area (Å²) in [6, 6.07) is 10.7. The van der Waals surface area contributed by atoms with E-state index < -0.39 is 5.67 Å². The predicted molar refractivity (Wildman–Crippen MR) is 66.6 cm³/mol. The number of rotatable bonds is 1. The molecule has 1 aromatic carbocycles. The minimum atomic E-state index is -0.833. The maximum atomic E-state index is 14.8. The van der Waals surface area contributed by atoms with Gasteiger partial charge in [-0.3, -0.25) is 0 Å². The summed E-state index contributed by atoms with van der Waals surface area (Å²) in [7, 11) is 0. The Hall–Kier alpha value is -0.850. The average molecular weight is 230 g/mol. The van der Waals surface area contributed by atoms with Crippen molar-refractivity contribution in [2.24, 2.45) is 11.8 Å². The van der Waals surface area contributed by atoms with Gasteiger partial charge >= 0.3 is 0 Å². The summed E-state index contributed by atoms with van der Waals surface area (Å²) in [5.74, 6) is 1.31. The molecule has 4 atom stereocenters. The Morgan fingerprint density at radius 2 is 1.59 bits per heavy atom. The highest BCUT2D eigenvalue weighted by Crippen LogP contribution is 2.63. The molecular weight excluding hydrogens is 211 g/mol. The summed E-state index contributed by atoms with van der Waals surface area (Å²) in [4.78, 5) is 0. The van der Waals surface area contributed by atoms with E-state index in [1.807, 2.05) is 0 Å². The summed E-state index contributed by atoms with van der Waals surface area (Å²) in [6.07, 6.45) is 6.24. The van der Waals surface area contributed by atoms with Crippen LogP contribution in [0.25, 0.3) is 0 Å². The standard InChI is InChI=1S/C16H19F/c17-16-9-12-6-13(10-16)8-15(7-12,11-16)14-4-2-1-3-5-14/h1-5,12-13H,6-11H2/t12-,13+,15?,16?. The molecule has 0 heterocycles. The third-order valence-electron chi connectivity index (χ3n) is 5.38. The van der Waals surface area contributed by atoms with Gasteiger partial charge in [-0.15, -0.1) is 0 Å². The highest BCUT2D eigenvalue weighted by Gasteiger charge is 2.58. The van der Waals surface area contributed by atoms with Crippen molar-refractivity contribution in [1.82, 2.24) is 0 Å². The smallest absolute Gasteiger partial charge is 0.112 e. The van der Waals surface area contributed by atoms with E-state index in [2.05, 4.69) is 30.3 Å². The summed E-state index contributed by atoms with van der Waals surface area (Å²) >= 11 is 0. The van der Waals surface area contributed by atoms with Crippen LogP contribution in [0.2, 0.25) is 0 Å². The molecule has 4 saturated carbocycles. The van der Waals surface area contributed by atoms with Gasteiger partial charge in [0.15, 0.2) is 0 Å². The van der Waals surface area contributed by atoms with E-state index in [9.17, 15) is 4.39 Å². The summed E-state index contributed by atoms with van der Waals surface area (Å²) < 4.78 is 14.8. The Balaban J connectivity index is 1.79. The van der Waals surface area contributed by atoms with Crippen LogP contribution >= 0.6 is 0 Å². The average Bonchev–Trinajstić information content (AvgIpc) is 2.27. The van der Waals surface area contributed by atoms with Crippen LogP contribution in [-0.2, 0) is 5.41 Å². The molecule has 0 spiro atoms. The molecule has 0 radical (unpaired) electrons. The van der Waals surface area contributed by atoms with E-state index in [0.29, 0.717) is 11.8 Å². The maximum Gasteiger partial charge on any atom is 0.112 e. The second-order valence-electron chi connectivity index (χ2n) is 6.76. The first kappa shape index (κ1) is 10.1. The normalized spacial score (nSPS) is 47.4.